The molecule has 86 valence electrons. The molecule has 0 bridgehead atoms. The van der Waals surface area contributed by atoms with E-state index in [0.717, 1.165) is 30.6 Å². The van der Waals surface area contributed by atoms with Crippen molar-refractivity contribution in [2.45, 2.75) is 26.7 Å². The van der Waals surface area contributed by atoms with Crippen molar-refractivity contribution in [2.24, 2.45) is 5.41 Å². The van der Waals surface area contributed by atoms with Gasteiger partial charge in [0.25, 0.3) is 0 Å². The van der Waals surface area contributed by atoms with Crippen molar-refractivity contribution in [3.63, 3.8) is 0 Å². The molecule has 0 aromatic carbocycles. The van der Waals surface area contributed by atoms with Crippen molar-refractivity contribution in [1.82, 2.24) is 4.98 Å². The van der Waals surface area contributed by atoms with Gasteiger partial charge in [-0.05, 0) is 32.3 Å². The molecule has 1 N–H and O–H groups in total. The number of aromatic nitrogens is 1. The van der Waals surface area contributed by atoms with Gasteiger partial charge in [-0.3, -0.25) is 4.98 Å². The lowest BCUT2D eigenvalue weighted by atomic mass is 9.95. The average Bonchev–Trinajstić information content (AvgIpc) is 2.36. The number of nitrogens with zero attached hydrogens (tertiary/aromatic N) is 2. The minimum Gasteiger partial charge on any atom is -0.384 e. The van der Waals surface area contributed by atoms with Crippen molar-refractivity contribution >= 4 is 5.69 Å². The van der Waals surface area contributed by atoms with Gasteiger partial charge >= 0.3 is 0 Å². The lowest BCUT2D eigenvalue weighted by Crippen LogP contribution is -2.13. The summed E-state index contributed by atoms with van der Waals surface area (Å²) in [5.74, 6) is 6.09. The highest BCUT2D eigenvalue weighted by Gasteiger charge is 2.14. The molecule has 0 atom stereocenters. The molecule has 0 unspecified atom stereocenters. The number of nitrogens with one attached hydrogen (secondary N) is 1. The molecule has 0 aliphatic carbocycles. The molecular weight excluding hydrogens is 210 g/mol. The zero-order valence-electron chi connectivity index (χ0n) is 10.2. The Balaban J connectivity index is 2.38. The van der Waals surface area contributed by atoms with E-state index in [2.05, 4.69) is 28.2 Å². The van der Waals surface area contributed by atoms with E-state index in [9.17, 15) is 0 Å². The molecule has 0 radical (unpaired) electrons. The van der Waals surface area contributed by atoms with Crippen molar-refractivity contribution in [3.05, 3.63) is 23.5 Å². The second-order valence-corrected chi connectivity index (χ2v) is 4.73. The van der Waals surface area contributed by atoms with Gasteiger partial charge in [0.05, 0.1) is 18.0 Å². The smallest absolute Gasteiger partial charge is 0.112 e. The summed E-state index contributed by atoms with van der Waals surface area (Å²) < 4.78 is 0. The van der Waals surface area contributed by atoms with Crippen LogP contribution in [0.1, 0.15) is 31.4 Å². The van der Waals surface area contributed by atoms with Gasteiger partial charge in [0.2, 0.25) is 0 Å². The summed E-state index contributed by atoms with van der Waals surface area (Å²) in [5.41, 5.74) is 2.65. The minimum absolute atomic E-state index is 0.606. The Labute approximate surface area is 102 Å². The van der Waals surface area contributed by atoms with E-state index < -0.39 is 5.41 Å². The first kappa shape index (κ1) is 11.5. The fourth-order valence-corrected chi connectivity index (χ4v) is 1.76. The summed E-state index contributed by atoms with van der Waals surface area (Å²) in [6, 6.07) is 2.18. The molecule has 0 fully saturated rings. The Hall–Kier alpha value is -2.00. The Bertz CT molecular complexity index is 527. The number of fused-ring (bicyclic) bond motifs is 1. The first-order valence-corrected chi connectivity index (χ1v) is 5.77. The van der Waals surface area contributed by atoms with Crippen LogP contribution in [-0.4, -0.2) is 11.5 Å². The van der Waals surface area contributed by atoms with Crippen LogP contribution in [0, 0.1) is 28.6 Å². The molecule has 1 aromatic rings. The lowest BCUT2D eigenvalue weighted by molar-refractivity contribution is 0.673. The summed E-state index contributed by atoms with van der Waals surface area (Å²) in [6.45, 7) is 4.64. The number of pyridine rings is 1. The highest BCUT2D eigenvalue weighted by atomic mass is 14.9. The first-order valence-electron chi connectivity index (χ1n) is 5.77. The summed E-state index contributed by atoms with van der Waals surface area (Å²) >= 11 is 0. The summed E-state index contributed by atoms with van der Waals surface area (Å²) in [6.07, 6.45) is 5.77. The maximum absolute atomic E-state index is 8.93. The van der Waals surface area contributed by atoms with E-state index in [1.165, 1.54) is 5.56 Å². The fourth-order valence-electron chi connectivity index (χ4n) is 1.76. The van der Waals surface area contributed by atoms with Crippen LogP contribution in [0.5, 0.6) is 0 Å². The largest absolute Gasteiger partial charge is 0.384 e. The number of hydrogen-bond acceptors (Lipinski definition) is 3. The summed E-state index contributed by atoms with van der Waals surface area (Å²) in [5, 5.41) is 12.2. The standard InChI is InChI=1S/C14H15N3/c1-14(2,10-15)6-5-11-8-16-9-13-12(11)4-3-7-17-13/h8-9,17H,3-4,7H2,1-2H3. The van der Waals surface area contributed by atoms with Crippen LogP contribution in [0.25, 0.3) is 0 Å². The molecule has 0 saturated heterocycles. The third kappa shape index (κ3) is 2.57. The van der Waals surface area contributed by atoms with E-state index in [1.807, 2.05) is 20.0 Å². The van der Waals surface area contributed by atoms with Crippen molar-refractivity contribution in [2.75, 3.05) is 11.9 Å². The second-order valence-electron chi connectivity index (χ2n) is 4.73. The maximum atomic E-state index is 8.93. The Kier molecular flexibility index (Phi) is 3.02. The molecule has 2 heterocycles. The van der Waals surface area contributed by atoms with Crippen molar-refractivity contribution < 1.29 is 0 Å². The molecule has 1 aliphatic rings. The molecule has 0 spiro atoms. The van der Waals surface area contributed by atoms with E-state index in [0.29, 0.717) is 0 Å². The highest BCUT2D eigenvalue weighted by molar-refractivity contribution is 5.58. The molecule has 2 rings (SSSR count). The van der Waals surface area contributed by atoms with Crippen LogP contribution in [-0.2, 0) is 6.42 Å². The second kappa shape index (κ2) is 4.47. The topological polar surface area (TPSA) is 48.7 Å². The minimum atomic E-state index is -0.606. The third-order valence-electron chi connectivity index (χ3n) is 2.77. The van der Waals surface area contributed by atoms with Gasteiger partial charge < -0.3 is 5.32 Å². The van der Waals surface area contributed by atoms with Crippen LogP contribution in [0.15, 0.2) is 12.4 Å². The van der Waals surface area contributed by atoms with Crippen molar-refractivity contribution in [1.29, 1.82) is 5.26 Å². The van der Waals surface area contributed by atoms with Crippen molar-refractivity contribution in [3.8, 4) is 17.9 Å². The normalized spacial score (nSPS) is 13.7. The molecular formula is C14H15N3. The molecule has 1 aliphatic heterocycles. The predicted octanol–water partition coefficient (Wildman–Crippen LogP) is 2.34. The molecule has 1 aromatic heterocycles. The molecule has 3 nitrogen and oxygen atoms in total. The molecule has 0 amide bonds. The summed E-state index contributed by atoms with van der Waals surface area (Å²) in [4.78, 5) is 4.18. The number of rotatable bonds is 0. The highest BCUT2D eigenvalue weighted by Crippen LogP contribution is 2.23. The number of nitriles is 1. The lowest BCUT2D eigenvalue weighted by Gasteiger charge is -2.18. The van der Waals surface area contributed by atoms with Gasteiger partial charge in [0.15, 0.2) is 0 Å². The quantitative estimate of drug-likeness (QED) is 0.689. The van der Waals surface area contributed by atoms with Crippen LogP contribution in [0.4, 0.5) is 5.69 Å². The summed E-state index contributed by atoms with van der Waals surface area (Å²) in [7, 11) is 0. The van der Waals surface area contributed by atoms with Gasteiger partial charge in [-0.15, -0.1) is 0 Å². The zero-order valence-corrected chi connectivity index (χ0v) is 10.2. The van der Waals surface area contributed by atoms with Crippen LogP contribution >= 0.6 is 0 Å². The Morgan fingerprint density at radius 3 is 3.00 bits per heavy atom. The van der Waals surface area contributed by atoms with E-state index in [4.69, 9.17) is 5.26 Å². The first-order chi connectivity index (χ1) is 8.12. The van der Waals surface area contributed by atoms with E-state index in [1.54, 1.807) is 6.20 Å². The maximum Gasteiger partial charge on any atom is 0.112 e. The van der Waals surface area contributed by atoms with E-state index >= 15 is 0 Å². The molecule has 0 saturated carbocycles. The number of hydrogen-bond donors (Lipinski definition) is 1. The van der Waals surface area contributed by atoms with Gasteiger partial charge in [-0.25, -0.2) is 0 Å². The monoisotopic (exact) mass is 225 g/mol. The predicted molar refractivity (Wildman–Crippen MR) is 67.3 cm³/mol. The van der Waals surface area contributed by atoms with Gasteiger partial charge in [0, 0.05) is 18.3 Å². The molecule has 17 heavy (non-hydrogen) atoms. The Morgan fingerprint density at radius 2 is 2.24 bits per heavy atom. The SMILES string of the molecule is CC(C)(C#N)C#Cc1cncc2c1CCCN2. The van der Waals surface area contributed by atoms with Gasteiger partial charge in [0.1, 0.15) is 5.41 Å². The van der Waals surface area contributed by atoms with E-state index in [-0.39, 0.29) is 0 Å². The van der Waals surface area contributed by atoms with Crippen LogP contribution in [0.3, 0.4) is 0 Å². The average molecular weight is 225 g/mol. The third-order valence-corrected chi connectivity index (χ3v) is 2.77. The fraction of sp³-hybridized carbons (Fsp3) is 0.429. The zero-order chi connectivity index (χ0) is 12.3. The van der Waals surface area contributed by atoms with Crippen LogP contribution in [0.2, 0.25) is 0 Å². The number of anilines is 1. The van der Waals surface area contributed by atoms with Crippen LogP contribution < -0.4 is 5.32 Å². The van der Waals surface area contributed by atoms with Gasteiger partial charge in [-0.2, -0.15) is 5.26 Å². The van der Waals surface area contributed by atoms with Gasteiger partial charge in [-0.1, -0.05) is 11.8 Å². The Morgan fingerprint density at radius 1 is 1.41 bits per heavy atom. The molecule has 3 heteroatoms.